The molecule has 0 aromatic heterocycles. The van der Waals surface area contributed by atoms with Gasteiger partial charge in [0.05, 0.1) is 4.47 Å². The molecule has 0 aliphatic carbocycles. The van der Waals surface area contributed by atoms with Crippen molar-refractivity contribution >= 4 is 21.6 Å². The van der Waals surface area contributed by atoms with Crippen LogP contribution in [0, 0.1) is 6.92 Å². The first kappa shape index (κ1) is 14.7. The molecule has 2 rings (SSSR count). The minimum Gasteiger partial charge on any atom is -0.456 e. The summed E-state index contributed by atoms with van der Waals surface area (Å²) in [5.41, 5.74) is 5.51. The van der Waals surface area contributed by atoms with E-state index in [9.17, 15) is 13.2 Å². The van der Waals surface area contributed by atoms with Crippen LogP contribution < -0.4 is 10.5 Å². The van der Waals surface area contributed by atoms with Crippen LogP contribution in [-0.4, -0.2) is 0 Å². The second kappa shape index (κ2) is 5.36. The summed E-state index contributed by atoms with van der Waals surface area (Å²) in [6, 6.07) is 8.56. The Bertz CT molecular complexity index is 641. The Morgan fingerprint density at radius 2 is 1.70 bits per heavy atom. The van der Waals surface area contributed by atoms with Gasteiger partial charge in [-0.1, -0.05) is 6.07 Å². The van der Waals surface area contributed by atoms with E-state index in [0.717, 1.165) is 11.6 Å². The maximum Gasteiger partial charge on any atom is 0.420 e. The van der Waals surface area contributed by atoms with Crippen molar-refractivity contribution in [1.29, 1.82) is 0 Å². The van der Waals surface area contributed by atoms with E-state index in [4.69, 9.17) is 10.5 Å². The monoisotopic (exact) mass is 345 g/mol. The summed E-state index contributed by atoms with van der Waals surface area (Å²) in [6.07, 6.45) is -4.53. The predicted molar refractivity (Wildman–Crippen MR) is 74.8 cm³/mol. The third-order valence-corrected chi connectivity index (χ3v) is 3.24. The Hall–Kier alpha value is -1.69. The summed E-state index contributed by atoms with van der Waals surface area (Å²) in [7, 11) is 0. The van der Waals surface area contributed by atoms with Gasteiger partial charge in [-0.15, -0.1) is 0 Å². The second-order valence-corrected chi connectivity index (χ2v) is 5.14. The number of nitrogen functional groups attached to an aromatic ring is 1. The van der Waals surface area contributed by atoms with E-state index in [1.54, 1.807) is 18.2 Å². The van der Waals surface area contributed by atoms with Crippen molar-refractivity contribution in [1.82, 2.24) is 0 Å². The minimum absolute atomic E-state index is 0.0349. The van der Waals surface area contributed by atoms with E-state index in [2.05, 4.69) is 15.9 Å². The number of benzene rings is 2. The topological polar surface area (TPSA) is 35.2 Å². The average Bonchev–Trinajstić information content (AvgIpc) is 2.33. The molecule has 20 heavy (non-hydrogen) atoms. The van der Waals surface area contributed by atoms with Crippen molar-refractivity contribution < 1.29 is 17.9 Å². The van der Waals surface area contributed by atoms with Crippen LogP contribution in [-0.2, 0) is 6.18 Å². The van der Waals surface area contributed by atoms with Gasteiger partial charge in [0.2, 0.25) is 0 Å². The summed E-state index contributed by atoms with van der Waals surface area (Å²) in [5, 5.41) is 0. The molecule has 6 heteroatoms. The van der Waals surface area contributed by atoms with Gasteiger partial charge in [0.25, 0.3) is 0 Å². The molecule has 2 nitrogen and oxygen atoms in total. The van der Waals surface area contributed by atoms with E-state index >= 15 is 0 Å². The number of aryl methyl sites for hydroxylation is 1. The first-order valence-corrected chi connectivity index (χ1v) is 6.47. The Kier molecular flexibility index (Phi) is 3.94. The molecule has 0 fully saturated rings. The zero-order chi connectivity index (χ0) is 14.9. The summed E-state index contributed by atoms with van der Waals surface area (Å²) < 4.78 is 44.8. The lowest BCUT2D eigenvalue weighted by Gasteiger charge is -2.15. The summed E-state index contributed by atoms with van der Waals surface area (Å²) in [6.45, 7) is 1.87. The van der Waals surface area contributed by atoms with E-state index in [-0.39, 0.29) is 11.4 Å². The van der Waals surface area contributed by atoms with E-state index in [0.29, 0.717) is 10.2 Å². The molecule has 2 aromatic rings. The number of rotatable bonds is 2. The van der Waals surface area contributed by atoms with Gasteiger partial charge in [0.1, 0.15) is 17.1 Å². The molecule has 0 radical (unpaired) electrons. The van der Waals surface area contributed by atoms with Gasteiger partial charge in [-0.25, -0.2) is 0 Å². The van der Waals surface area contributed by atoms with Crippen LogP contribution in [0.1, 0.15) is 11.1 Å². The van der Waals surface area contributed by atoms with Gasteiger partial charge >= 0.3 is 6.18 Å². The van der Waals surface area contributed by atoms with Gasteiger partial charge in [0, 0.05) is 5.69 Å². The molecule has 106 valence electrons. The molecule has 0 atom stereocenters. The van der Waals surface area contributed by atoms with E-state index in [1.165, 1.54) is 12.1 Å². The lowest BCUT2D eigenvalue weighted by molar-refractivity contribution is -0.138. The van der Waals surface area contributed by atoms with Crippen molar-refractivity contribution in [3.8, 4) is 11.5 Å². The van der Waals surface area contributed by atoms with Crippen molar-refractivity contribution in [2.24, 2.45) is 0 Å². The second-order valence-electron chi connectivity index (χ2n) is 4.29. The molecule has 0 amide bonds. The number of hydrogen-bond donors (Lipinski definition) is 1. The quantitative estimate of drug-likeness (QED) is 0.763. The molecule has 0 aliphatic rings. The zero-order valence-electron chi connectivity index (χ0n) is 10.5. The van der Waals surface area contributed by atoms with Gasteiger partial charge in [-0.05, 0) is 58.7 Å². The highest BCUT2D eigenvalue weighted by Gasteiger charge is 2.34. The van der Waals surface area contributed by atoms with Gasteiger partial charge in [0.15, 0.2) is 0 Å². The van der Waals surface area contributed by atoms with Crippen LogP contribution in [0.5, 0.6) is 11.5 Å². The van der Waals surface area contributed by atoms with Crippen molar-refractivity contribution in [3.63, 3.8) is 0 Å². The number of alkyl halides is 3. The fourth-order valence-corrected chi connectivity index (χ4v) is 2.24. The van der Waals surface area contributed by atoms with Crippen LogP contribution in [0.25, 0.3) is 0 Å². The van der Waals surface area contributed by atoms with E-state index in [1.807, 2.05) is 6.92 Å². The normalized spacial score (nSPS) is 11.4. The van der Waals surface area contributed by atoms with Crippen LogP contribution in [0.15, 0.2) is 40.9 Å². The summed E-state index contributed by atoms with van der Waals surface area (Å²) in [4.78, 5) is 0. The number of hydrogen-bond acceptors (Lipinski definition) is 2. The van der Waals surface area contributed by atoms with Crippen molar-refractivity contribution in [2.75, 3.05) is 5.73 Å². The summed E-state index contributed by atoms with van der Waals surface area (Å²) >= 11 is 3.26. The highest BCUT2D eigenvalue weighted by atomic mass is 79.9. The fourth-order valence-electron chi connectivity index (χ4n) is 1.67. The highest BCUT2D eigenvalue weighted by Crippen LogP contribution is 2.40. The molecule has 0 saturated heterocycles. The average molecular weight is 346 g/mol. The van der Waals surface area contributed by atoms with Crippen LogP contribution in [0.2, 0.25) is 0 Å². The number of ether oxygens (including phenoxy) is 1. The Morgan fingerprint density at radius 3 is 2.30 bits per heavy atom. The van der Waals surface area contributed by atoms with Crippen LogP contribution in [0.4, 0.5) is 18.9 Å². The third kappa shape index (κ3) is 3.25. The van der Waals surface area contributed by atoms with Gasteiger partial charge in [-0.2, -0.15) is 13.2 Å². The highest BCUT2D eigenvalue weighted by molar-refractivity contribution is 9.10. The Labute approximate surface area is 122 Å². The van der Waals surface area contributed by atoms with Gasteiger partial charge in [-0.3, -0.25) is 0 Å². The molecular weight excluding hydrogens is 335 g/mol. The van der Waals surface area contributed by atoms with Crippen molar-refractivity contribution in [2.45, 2.75) is 13.1 Å². The maximum atomic E-state index is 12.9. The van der Waals surface area contributed by atoms with Crippen LogP contribution in [0.3, 0.4) is 0 Å². The Morgan fingerprint density at radius 1 is 1.05 bits per heavy atom. The van der Waals surface area contributed by atoms with E-state index < -0.39 is 11.7 Å². The summed E-state index contributed by atoms with van der Waals surface area (Å²) in [5.74, 6) is 0.0297. The standard InChI is InChI=1S/C14H11BrF3NO/c1-8-2-4-13(11(15)6-8)20-12-5-3-9(19)7-10(12)14(16,17)18/h2-7H,19H2,1H3. The smallest absolute Gasteiger partial charge is 0.420 e. The molecule has 0 unspecified atom stereocenters. The molecule has 2 aromatic carbocycles. The lowest BCUT2D eigenvalue weighted by atomic mass is 10.1. The molecule has 2 N–H and O–H groups in total. The first-order valence-electron chi connectivity index (χ1n) is 5.68. The maximum absolute atomic E-state index is 12.9. The number of anilines is 1. The molecule has 0 heterocycles. The number of nitrogens with two attached hydrogens (primary N) is 1. The van der Waals surface area contributed by atoms with Crippen molar-refractivity contribution in [3.05, 3.63) is 52.0 Å². The minimum atomic E-state index is -4.53. The molecule has 0 saturated carbocycles. The molecule has 0 aliphatic heterocycles. The SMILES string of the molecule is Cc1ccc(Oc2ccc(N)cc2C(F)(F)F)c(Br)c1. The lowest BCUT2D eigenvalue weighted by Crippen LogP contribution is -2.08. The third-order valence-electron chi connectivity index (χ3n) is 2.62. The largest absolute Gasteiger partial charge is 0.456 e. The van der Waals surface area contributed by atoms with Crippen LogP contribution >= 0.6 is 15.9 Å². The number of halogens is 4. The zero-order valence-corrected chi connectivity index (χ0v) is 12.0. The molecule has 0 spiro atoms. The molecular formula is C14H11BrF3NO. The fraction of sp³-hybridized carbons (Fsp3) is 0.143. The van der Waals surface area contributed by atoms with Gasteiger partial charge < -0.3 is 10.5 Å². The molecule has 0 bridgehead atoms. The predicted octanol–water partition coefficient (Wildman–Crippen LogP) is 5.15. The Balaban J connectivity index is 2.43. The first-order chi connectivity index (χ1) is 9.27.